The summed E-state index contributed by atoms with van der Waals surface area (Å²) < 4.78 is 39.2. The average molecular weight is 570 g/mol. The highest BCUT2D eigenvalue weighted by atomic mass is 127. The van der Waals surface area contributed by atoms with Gasteiger partial charge in [0.25, 0.3) is 0 Å². The normalized spacial score (nSPS) is 16.8. The number of guanidine groups is 1. The summed E-state index contributed by atoms with van der Waals surface area (Å²) in [6, 6.07) is 7.48. The van der Waals surface area contributed by atoms with Crippen molar-refractivity contribution < 1.29 is 22.6 Å². The van der Waals surface area contributed by atoms with Crippen molar-refractivity contribution in [1.82, 2.24) is 5.32 Å². The van der Waals surface area contributed by atoms with Gasteiger partial charge in [-0.2, -0.15) is 0 Å². The Balaban J connectivity index is 0.00000480. The Morgan fingerprint density at radius 2 is 2.06 bits per heavy atom. The minimum atomic E-state index is -3.54. The molecule has 0 saturated carbocycles. The molecule has 1 heterocycles. The van der Waals surface area contributed by atoms with E-state index in [1.54, 1.807) is 0 Å². The molecule has 9 nitrogen and oxygen atoms in total. The van der Waals surface area contributed by atoms with E-state index >= 15 is 0 Å². The molecule has 1 aliphatic rings. The van der Waals surface area contributed by atoms with Gasteiger partial charge in [0.15, 0.2) is 5.96 Å². The van der Waals surface area contributed by atoms with Crippen molar-refractivity contribution in [1.29, 1.82) is 0 Å². The smallest absolute Gasteiger partial charge is 0.210 e. The maximum atomic E-state index is 11.2. The molecule has 31 heavy (non-hydrogen) atoms. The van der Waals surface area contributed by atoms with E-state index < -0.39 is 10.0 Å². The van der Waals surface area contributed by atoms with E-state index in [0.29, 0.717) is 25.7 Å². The number of hydrogen-bond donors (Lipinski definition) is 3. The minimum Gasteiger partial charge on any atom is -0.491 e. The van der Waals surface area contributed by atoms with Gasteiger partial charge in [0, 0.05) is 32.0 Å². The zero-order valence-electron chi connectivity index (χ0n) is 18.2. The Bertz CT molecular complexity index is 753. The van der Waals surface area contributed by atoms with Crippen LogP contribution in [-0.2, 0) is 19.5 Å². The number of aliphatic imine (C=N–C) groups is 1. The highest BCUT2D eigenvalue weighted by Gasteiger charge is 2.14. The number of rotatable bonds is 12. The fourth-order valence-corrected chi connectivity index (χ4v) is 3.21. The van der Waals surface area contributed by atoms with Crippen LogP contribution in [0.1, 0.15) is 33.1 Å². The lowest BCUT2D eigenvalue weighted by atomic mass is 10.2. The molecule has 1 aromatic carbocycles. The first kappa shape index (κ1) is 27.9. The van der Waals surface area contributed by atoms with Gasteiger partial charge in [0.05, 0.1) is 24.6 Å². The first-order valence-corrected chi connectivity index (χ1v) is 12.1. The molecular weight excluding hydrogens is 535 g/mol. The molecule has 0 bridgehead atoms. The maximum Gasteiger partial charge on any atom is 0.210 e. The number of nitrogens with one attached hydrogen (secondary N) is 2. The largest absolute Gasteiger partial charge is 0.491 e. The van der Waals surface area contributed by atoms with Crippen molar-refractivity contribution >= 4 is 45.6 Å². The molecular formula is C20H35IN4O5S. The summed E-state index contributed by atoms with van der Waals surface area (Å²) in [5.74, 6) is 1.08. The van der Waals surface area contributed by atoms with E-state index in [-0.39, 0.29) is 48.5 Å². The number of sulfonamides is 1. The zero-order chi connectivity index (χ0) is 21.8. The van der Waals surface area contributed by atoms with Gasteiger partial charge in [-0.05, 0) is 57.4 Å². The summed E-state index contributed by atoms with van der Waals surface area (Å²) >= 11 is 0. The van der Waals surface area contributed by atoms with Crippen molar-refractivity contribution in [2.45, 2.75) is 45.3 Å². The molecule has 0 amide bonds. The molecule has 1 unspecified atom stereocenters. The molecule has 178 valence electrons. The van der Waals surface area contributed by atoms with E-state index in [0.717, 1.165) is 37.3 Å². The quantitative estimate of drug-likeness (QED) is 0.153. The Morgan fingerprint density at radius 1 is 1.32 bits per heavy atom. The van der Waals surface area contributed by atoms with Crippen molar-refractivity contribution in [3.05, 3.63) is 24.3 Å². The predicted molar refractivity (Wildman–Crippen MR) is 134 cm³/mol. The molecule has 1 saturated heterocycles. The Labute approximate surface area is 202 Å². The summed E-state index contributed by atoms with van der Waals surface area (Å²) in [7, 11) is -3.54. The first-order chi connectivity index (χ1) is 14.3. The average Bonchev–Trinajstić information content (AvgIpc) is 3.18. The molecule has 1 atom stereocenters. The molecule has 1 aromatic rings. The van der Waals surface area contributed by atoms with Crippen LogP contribution in [0.15, 0.2) is 29.3 Å². The SMILES string of the molecule is CC(C)Oc1ccc(NC(=NCCCOCC2CCCO2)NCCS(N)(=O)=O)cc1.I. The van der Waals surface area contributed by atoms with Crippen molar-refractivity contribution in [3.63, 3.8) is 0 Å². The number of halogens is 1. The molecule has 4 N–H and O–H groups in total. The molecule has 1 aliphatic heterocycles. The second-order valence-electron chi connectivity index (χ2n) is 7.40. The Hall–Kier alpha value is -1.15. The fraction of sp³-hybridized carbons (Fsp3) is 0.650. The third-order valence-corrected chi connectivity index (χ3v) is 4.99. The van der Waals surface area contributed by atoms with Gasteiger partial charge in [-0.1, -0.05) is 0 Å². The lowest BCUT2D eigenvalue weighted by Gasteiger charge is -2.14. The van der Waals surface area contributed by atoms with Crippen LogP contribution in [0, 0.1) is 0 Å². The summed E-state index contributed by atoms with van der Waals surface area (Å²) in [6.07, 6.45) is 3.22. The van der Waals surface area contributed by atoms with Crippen molar-refractivity contribution in [2.24, 2.45) is 10.1 Å². The summed E-state index contributed by atoms with van der Waals surface area (Å²) in [5.41, 5.74) is 0.808. The van der Waals surface area contributed by atoms with Crippen LogP contribution in [-0.4, -0.2) is 65.2 Å². The van der Waals surface area contributed by atoms with Crippen LogP contribution in [0.3, 0.4) is 0 Å². The lowest BCUT2D eigenvalue weighted by Crippen LogP contribution is -2.36. The third kappa shape index (κ3) is 13.1. The van der Waals surface area contributed by atoms with Crippen LogP contribution < -0.4 is 20.5 Å². The van der Waals surface area contributed by atoms with E-state index in [9.17, 15) is 8.42 Å². The zero-order valence-corrected chi connectivity index (χ0v) is 21.4. The number of benzene rings is 1. The molecule has 0 radical (unpaired) electrons. The summed E-state index contributed by atoms with van der Waals surface area (Å²) in [5, 5.41) is 11.2. The second kappa shape index (κ2) is 14.8. The van der Waals surface area contributed by atoms with Crippen LogP contribution >= 0.6 is 24.0 Å². The molecule has 0 aromatic heterocycles. The van der Waals surface area contributed by atoms with Gasteiger partial charge < -0.3 is 24.8 Å². The first-order valence-electron chi connectivity index (χ1n) is 10.3. The number of hydrogen-bond acceptors (Lipinski definition) is 6. The molecule has 1 fully saturated rings. The van der Waals surface area contributed by atoms with Gasteiger partial charge in [-0.25, -0.2) is 13.6 Å². The fourth-order valence-electron chi connectivity index (χ4n) is 2.83. The van der Waals surface area contributed by atoms with Crippen LogP contribution in [0.2, 0.25) is 0 Å². The second-order valence-corrected chi connectivity index (χ2v) is 9.14. The van der Waals surface area contributed by atoms with Crippen molar-refractivity contribution in [2.75, 3.05) is 44.0 Å². The maximum absolute atomic E-state index is 11.2. The van der Waals surface area contributed by atoms with Crippen LogP contribution in [0.5, 0.6) is 5.75 Å². The van der Waals surface area contributed by atoms with Gasteiger partial charge in [0.1, 0.15) is 5.75 Å². The predicted octanol–water partition coefficient (Wildman–Crippen LogP) is 2.32. The number of ether oxygens (including phenoxy) is 3. The summed E-state index contributed by atoms with van der Waals surface area (Å²) in [6.45, 7) is 6.66. The van der Waals surface area contributed by atoms with E-state index in [1.165, 1.54) is 0 Å². The lowest BCUT2D eigenvalue weighted by molar-refractivity contribution is 0.0171. The van der Waals surface area contributed by atoms with Crippen LogP contribution in [0.4, 0.5) is 5.69 Å². The highest BCUT2D eigenvalue weighted by molar-refractivity contribution is 14.0. The highest BCUT2D eigenvalue weighted by Crippen LogP contribution is 2.17. The topological polar surface area (TPSA) is 124 Å². The van der Waals surface area contributed by atoms with Crippen LogP contribution in [0.25, 0.3) is 0 Å². The molecule has 0 aliphatic carbocycles. The minimum absolute atomic E-state index is 0. The summed E-state index contributed by atoms with van der Waals surface area (Å²) in [4.78, 5) is 4.50. The molecule has 0 spiro atoms. The van der Waals surface area contributed by atoms with Gasteiger partial charge in [0.2, 0.25) is 10.0 Å². The standard InChI is InChI=1S/C20H34N4O5S.HI/c1-16(2)29-18-8-6-17(7-9-18)24-20(23-11-14-30(21,25)26)22-10-4-12-27-15-19-5-3-13-28-19;/h6-9,16,19H,3-5,10-15H2,1-2H3,(H2,21,25,26)(H2,22,23,24);1H. The van der Waals surface area contributed by atoms with Crippen molar-refractivity contribution in [3.8, 4) is 5.75 Å². The van der Waals surface area contributed by atoms with Gasteiger partial charge in [-0.3, -0.25) is 4.99 Å². The number of nitrogens with zero attached hydrogens (tertiary/aromatic N) is 1. The Kier molecular flexibility index (Phi) is 13.3. The monoisotopic (exact) mass is 570 g/mol. The Morgan fingerprint density at radius 3 is 2.68 bits per heavy atom. The van der Waals surface area contributed by atoms with E-state index in [1.807, 2.05) is 38.1 Å². The third-order valence-electron chi connectivity index (χ3n) is 4.21. The van der Waals surface area contributed by atoms with E-state index in [4.69, 9.17) is 19.3 Å². The van der Waals surface area contributed by atoms with Gasteiger partial charge in [-0.15, -0.1) is 24.0 Å². The van der Waals surface area contributed by atoms with Gasteiger partial charge >= 0.3 is 0 Å². The number of primary sulfonamides is 1. The molecule has 11 heteroatoms. The van der Waals surface area contributed by atoms with E-state index in [2.05, 4.69) is 15.6 Å². The molecule has 2 rings (SSSR count). The number of nitrogens with two attached hydrogens (primary N) is 1. The number of anilines is 1.